The van der Waals surface area contributed by atoms with Crippen molar-refractivity contribution in [3.8, 4) is 17.2 Å². The fraction of sp³-hybridized carbons (Fsp3) is 0.391. The summed E-state index contributed by atoms with van der Waals surface area (Å²) in [7, 11) is 0. The SMILES string of the molecule is CCC(C)N1CCC(=O)N(CC(O)COc2ccc(Oc3ccccc3)cc2)C1=O. The van der Waals surface area contributed by atoms with E-state index < -0.39 is 6.10 Å². The van der Waals surface area contributed by atoms with E-state index in [1.807, 2.05) is 44.2 Å². The molecule has 7 heteroatoms. The van der Waals surface area contributed by atoms with Crippen LogP contribution in [0.3, 0.4) is 0 Å². The van der Waals surface area contributed by atoms with Gasteiger partial charge in [-0.1, -0.05) is 25.1 Å². The number of rotatable bonds is 9. The van der Waals surface area contributed by atoms with Gasteiger partial charge in [-0.3, -0.25) is 9.69 Å². The zero-order chi connectivity index (χ0) is 21.5. The molecule has 2 aromatic carbocycles. The van der Waals surface area contributed by atoms with Crippen LogP contribution in [0.1, 0.15) is 26.7 Å². The summed E-state index contributed by atoms with van der Waals surface area (Å²) >= 11 is 0. The van der Waals surface area contributed by atoms with Crippen LogP contribution in [-0.2, 0) is 4.79 Å². The van der Waals surface area contributed by atoms with E-state index >= 15 is 0 Å². The van der Waals surface area contributed by atoms with Gasteiger partial charge in [-0.25, -0.2) is 4.79 Å². The van der Waals surface area contributed by atoms with Crippen LogP contribution in [0.15, 0.2) is 54.6 Å². The van der Waals surface area contributed by atoms with E-state index in [9.17, 15) is 14.7 Å². The number of hydrogen-bond donors (Lipinski definition) is 1. The first-order chi connectivity index (χ1) is 14.5. The Labute approximate surface area is 176 Å². The molecule has 0 aliphatic carbocycles. The molecule has 3 rings (SSSR count). The number of benzene rings is 2. The van der Waals surface area contributed by atoms with Crippen molar-refractivity contribution in [1.82, 2.24) is 9.80 Å². The molecule has 3 amide bonds. The Morgan fingerprint density at radius 1 is 1.00 bits per heavy atom. The highest BCUT2D eigenvalue weighted by molar-refractivity contribution is 5.97. The molecule has 2 aromatic rings. The number of ether oxygens (including phenoxy) is 2. The highest BCUT2D eigenvalue weighted by Crippen LogP contribution is 2.23. The number of amides is 3. The number of carbonyl (C=O) groups is 2. The third kappa shape index (κ3) is 5.51. The third-order valence-electron chi connectivity index (χ3n) is 5.11. The smallest absolute Gasteiger partial charge is 0.327 e. The minimum absolute atomic E-state index is 0.0285. The van der Waals surface area contributed by atoms with E-state index in [-0.39, 0.29) is 37.6 Å². The Morgan fingerprint density at radius 3 is 2.30 bits per heavy atom. The Balaban J connectivity index is 1.50. The van der Waals surface area contributed by atoms with Gasteiger partial charge in [0.25, 0.3) is 0 Å². The molecule has 7 nitrogen and oxygen atoms in total. The van der Waals surface area contributed by atoms with E-state index in [0.717, 1.165) is 17.1 Å². The summed E-state index contributed by atoms with van der Waals surface area (Å²) in [4.78, 5) is 27.6. The van der Waals surface area contributed by atoms with Crippen molar-refractivity contribution in [2.45, 2.75) is 38.8 Å². The van der Waals surface area contributed by atoms with Gasteiger partial charge in [-0.15, -0.1) is 0 Å². The first-order valence-corrected chi connectivity index (χ1v) is 10.2. The highest BCUT2D eigenvalue weighted by atomic mass is 16.5. The Hall–Kier alpha value is -3.06. The fourth-order valence-corrected chi connectivity index (χ4v) is 3.20. The molecule has 160 valence electrons. The molecule has 1 saturated heterocycles. The molecule has 1 heterocycles. The van der Waals surface area contributed by atoms with Crippen LogP contribution < -0.4 is 9.47 Å². The second kappa shape index (κ2) is 10.1. The number of nitrogens with zero attached hydrogens (tertiary/aromatic N) is 2. The summed E-state index contributed by atoms with van der Waals surface area (Å²) in [5.41, 5.74) is 0. The number of aliphatic hydroxyl groups excluding tert-OH is 1. The summed E-state index contributed by atoms with van der Waals surface area (Å²) in [6.45, 7) is 4.26. The van der Waals surface area contributed by atoms with Gasteiger partial charge in [0.2, 0.25) is 5.91 Å². The van der Waals surface area contributed by atoms with E-state index in [0.29, 0.717) is 18.0 Å². The summed E-state index contributed by atoms with van der Waals surface area (Å²) in [5.74, 6) is 1.71. The first-order valence-electron chi connectivity index (χ1n) is 10.2. The summed E-state index contributed by atoms with van der Waals surface area (Å²) < 4.78 is 11.3. The number of urea groups is 1. The highest BCUT2D eigenvalue weighted by Gasteiger charge is 2.35. The van der Waals surface area contributed by atoms with Gasteiger partial charge in [0.05, 0.1) is 6.54 Å². The quantitative estimate of drug-likeness (QED) is 0.680. The molecular formula is C23H28N2O5. The van der Waals surface area contributed by atoms with Crippen molar-refractivity contribution in [1.29, 1.82) is 0 Å². The number of aliphatic hydroxyl groups is 1. The van der Waals surface area contributed by atoms with Crippen LogP contribution in [0.25, 0.3) is 0 Å². The van der Waals surface area contributed by atoms with Gasteiger partial charge in [-0.05, 0) is 49.7 Å². The van der Waals surface area contributed by atoms with Crippen LogP contribution >= 0.6 is 0 Å². The minimum Gasteiger partial charge on any atom is -0.491 e. The lowest BCUT2D eigenvalue weighted by atomic mass is 10.1. The van der Waals surface area contributed by atoms with E-state index in [2.05, 4.69) is 0 Å². The second-order valence-corrected chi connectivity index (χ2v) is 7.34. The van der Waals surface area contributed by atoms with Gasteiger partial charge in [-0.2, -0.15) is 0 Å². The summed E-state index contributed by atoms with van der Waals surface area (Å²) in [6, 6.07) is 16.2. The maximum absolute atomic E-state index is 12.6. The van der Waals surface area contributed by atoms with E-state index in [1.54, 1.807) is 29.2 Å². The summed E-state index contributed by atoms with van der Waals surface area (Å²) in [5, 5.41) is 10.3. The number of carbonyl (C=O) groups excluding carboxylic acids is 2. The lowest BCUT2D eigenvalue weighted by molar-refractivity contribution is -0.132. The predicted octanol–water partition coefficient (Wildman–Crippen LogP) is 3.67. The van der Waals surface area contributed by atoms with Crippen molar-refractivity contribution >= 4 is 11.9 Å². The topological polar surface area (TPSA) is 79.3 Å². The normalized spacial score (nSPS) is 16.4. The molecule has 1 N–H and O–H groups in total. The minimum atomic E-state index is -0.977. The molecule has 2 atom stereocenters. The zero-order valence-corrected chi connectivity index (χ0v) is 17.4. The largest absolute Gasteiger partial charge is 0.491 e. The fourth-order valence-electron chi connectivity index (χ4n) is 3.20. The number of imide groups is 1. The lowest BCUT2D eigenvalue weighted by Gasteiger charge is -2.38. The average Bonchev–Trinajstić information content (AvgIpc) is 2.76. The van der Waals surface area contributed by atoms with Crippen LogP contribution in [0.4, 0.5) is 4.79 Å². The third-order valence-corrected chi connectivity index (χ3v) is 5.11. The summed E-state index contributed by atoms with van der Waals surface area (Å²) in [6.07, 6.45) is 0.102. The average molecular weight is 412 g/mol. The maximum atomic E-state index is 12.6. The van der Waals surface area contributed by atoms with Crippen LogP contribution in [0, 0.1) is 0 Å². The molecule has 1 aliphatic heterocycles. The number of β-amino-alcohol motifs (C(OH)–C–C–N with tert-alkyl or cyclic N) is 1. The molecule has 0 aromatic heterocycles. The van der Waals surface area contributed by atoms with Gasteiger partial charge in [0.15, 0.2) is 0 Å². The Morgan fingerprint density at radius 2 is 1.63 bits per heavy atom. The molecule has 0 radical (unpaired) electrons. The van der Waals surface area contributed by atoms with Crippen molar-refractivity contribution in [3.63, 3.8) is 0 Å². The Kier molecular flexibility index (Phi) is 7.30. The molecular weight excluding hydrogens is 384 g/mol. The molecule has 0 spiro atoms. The van der Waals surface area contributed by atoms with Gasteiger partial charge < -0.3 is 19.5 Å². The lowest BCUT2D eigenvalue weighted by Crippen LogP contribution is -2.56. The second-order valence-electron chi connectivity index (χ2n) is 7.34. The molecule has 30 heavy (non-hydrogen) atoms. The number of hydrogen-bond acceptors (Lipinski definition) is 5. The van der Waals surface area contributed by atoms with Crippen molar-refractivity contribution in [3.05, 3.63) is 54.6 Å². The van der Waals surface area contributed by atoms with Crippen LogP contribution in [-0.4, -0.2) is 58.7 Å². The van der Waals surface area contributed by atoms with Crippen LogP contribution in [0.2, 0.25) is 0 Å². The van der Waals surface area contributed by atoms with Crippen molar-refractivity contribution in [2.75, 3.05) is 19.7 Å². The van der Waals surface area contributed by atoms with Crippen molar-refractivity contribution in [2.24, 2.45) is 0 Å². The van der Waals surface area contributed by atoms with E-state index in [1.165, 1.54) is 0 Å². The molecule has 2 unspecified atom stereocenters. The van der Waals surface area contributed by atoms with Gasteiger partial charge >= 0.3 is 6.03 Å². The first kappa shape index (κ1) is 21.6. The number of para-hydroxylation sites is 1. The standard InChI is InChI=1S/C23H28N2O5/c1-3-17(2)24-14-13-22(27)25(23(24)28)15-18(26)16-29-19-9-11-21(12-10-19)30-20-7-5-4-6-8-20/h4-12,17-18,26H,3,13-16H2,1-2H3. The molecule has 0 saturated carbocycles. The monoisotopic (exact) mass is 412 g/mol. The van der Waals surface area contributed by atoms with Gasteiger partial charge in [0, 0.05) is 19.0 Å². The molecule has 1 fully saturated rings. The van der Waals surface area contributed by atoms with Crippen molar-refractivity contribution < 1.29 is 24.2 Å². The van der Waals surface area contributed by atoms with E-state index in [4.69, 9.17) is 9.47 Å². The predicted molar refractivity (Wildman–Crippen MR) is 113 cm³/mol. The maximum Gasteiger partial charge on any atom is 0.327 e. The molecule has 0 bridgehead atoms. The van der Waals surface area contributed by atoms with Crippen LogP contribution in [0.5, 0.6) is 17.2 Å². The zero-order valence-electron chi connectivity index (χ0n) is 17.4. The Bertz CT molecular complexity index is 840. The molecule has 1 aliphatic rings. The van der Waals surface area contributed by atoms with Gasteiger partial charge in [0.1, 0.15) is 30.0 Å².